The van der Waals surface area contributed by atoms with E-state index in [1.165, 1.54) is 6.21 Å². The van der Waals surface area contributed by atoms with Gasteiger partial charge in [-0.05, 0) is 61.2 Å². The number of non-ortho nitro benzene ring substituents is 1. The van der Waals surface area contributed by atoms with Gasteiger partial charge >= 0.3 is 0 Å². The second-order valence-corrected chi connectivity index (χ2v) is 7.95. The van der Waals surface area contributed by atoms with E-state index in [1.54, 1.807) is 12.1 Å². The van der Waals surface area contributed by atoms with Crippen molar-refractivity contribution in [1.82, 2.24) is 5.43 Å². The summed E-state index contributed by atoms with van der Waals surface area (Å²) in [6.07, 6.45) is 1.39. The maximum atomic E-state index is 12.2. The van der Waals surface area contributed by atoms with Crippen LogP contribution in [0.4, 0.5) is 5.69 Å². The fraction of sp³-hybridized carbons (Fsp3) is 0.0476. The first-order valence-corrected chi connectivity index (χ1v) is 10.4. The number of aromatic hydroxyl groups is 1. The van der Waals surface area contributed by atoms with Gasteiger partial charge in [0.15, 0.2) is 0 Å². The van der Waals surface area contributed by atoms with Crippen LogP contribution in [0, 0.1) is 10.1 Å². The number of nitro groups is 1. The molecule has 0 aromatic heterocycles. The Morgan fingerprint density at radius 1 is 1.13 bits per heavy atom. The Morgan fingerprint density at radius 3 is 2.45 bits per heavy atom. The first-order valence-electron chi connectivity index (χ1n) is 8.81. The number of hydrazone groups is 1. The summed E-state index contributed by atoms with van der Waals surface area (Å²) in [4.78, 5) is 22.4. The Hall–Kier alpha value is -3.24. The van der Waals surface area contributed by atoms with E-state index in [-0.39, 0.29) is 17.0 Å². The minimum Gasteiger partial charge on any atom is -0.507 e. The van der Waals surface area contributed by atoms with Gasteiger partial charge < -0.3 is 9.84 Å². The SMILES string of the molecule is O=C(N/N=C/c1cc(Br)c(OCc2ccccc2)c(Br)c1)c1cc([N+](=O)[O-])ccc1O. The highest BCUT2D eigenvalue weighted by atomic mass is 79.9. The molecular formula is C21H15Br2N3O5. The van der Waals surface area contributed by atoms with E-state index < -0.39 is 10.8 Å². The number of carbonyl (C=O) groups is 1. The quantitative estimate of drug-likeness (QED) is 0.240. The van der Waals surface area contributed by atoms with Crippen LogP contribution in [0.2, 0.25) is 0 Å². The Kier molecular flexibility index (Phi) is 7.37. The number of hydrogen-bond acceptors (Lipinski definition) is 6. The maximum absolute atomic E-state index is 12.2. The molecule has 1 amide bonds. The normalized spacial score (nSPS) is 10.8. The lowest BCUT2D eigenvalue weighted by Crippen LogP contribution is -2.18. The van der Waals surface area contributed by atoms with Crippen molar-refractivity contribution in [2.45, 2.75) is 6.61 Å². The number of phenols is 1. The molecule has 0 spiro atoms. The molecular weight excluding hydrogens is 534 g/mol. The molecule has 3 rings (SSSR count). The summed E-state index contributed by atoms with van der Waals surface area (Å²) in [5, 5.41) is 24.5. The standard InChI is InChI=1S/C21H15Br2N3O5/c22-17-8-14(9-18(23)20(17)31-12-13-4-2-1-3-5-13)11-24-25-21(28)16-10-15(26(29)30)6-7-19(16)27/h1-11,27H,12H2,(H,25,28)/b24-11+. The summed E-state index contributed by atoms with van der Waals surface area (Å²) >= 11 is 6.92. The summed E-state index contributed by atoms with van der Waals surface area (Å²) in [7, 11) is 0. The molecule has 0 heterocycles. The highest BCUT2D eigenvalue weighted by molar-refractivity contribution is 9.11. The van der Waals surface area contributed by atoms with Crippen molar-refractivity contribution in [3.8, 4) is 11.5 Å². The summed E-state index contributed by atoms with van der Waals surface area (Å²) in [5.41, 5.74) is 3.35. The molecule has 0 saturated heterocycles. The number of rotatable bonds is 7. The van der Waals surface area contributed by atoms with Gasteiger partial charge in [-0.25, -0.2) is 5.43 Å². The van der Waals surface area contributed by atoms with Crippen LogP contribution < -0.4 is 10.2 Å². The molecule has 0 aliphatic rings. The number of benzene rings is 3. The lowest BCUT2D eigenvalue weighted by molar-refractivity contribution is -0.384. The zero-order chi connectivity index (χ0) is 22.4. The predicted molar refractivity (Wildman–Crippen MR) is 122 cm³/mol. The van der Waals surface area contributed by atoms with Crippen molar-refractivity contribution in [2.75, 3.05) is 0 Å². The fourth-order valence-electron chi connectivity index (χ4n) is 2.57. The molecule has 8 nitrogen and oxygen atoms in total. The third-order valence-electron chi connectivity index (χ3n) is 4.06. The first-order chi connectivity index (χ1) is 14.8. The Bertz CT molecular complexity index is 1130. The third-order valence-corrected chi connectivity index (χ3v) is 5.24. The Morgan fingerprint density at radius 2 is 1.81 bits per heavy atom. The van der Waals surface area contributed by atoms with Crippen molar-refractivity contribution >= 4 is 49.7 Å². The van der Waals surface area contributed by atoms with Crippen molar-refractivity contribution in [3.63, 3.8) is 0 Å². The second kappa shape index (κ2) is 10.2. The zero-order valence-corrected chi connectivity index (χ0v) is 19.0. The van der Waals surface area contributed by atoms with E-state index in [4.69, 9.17) is 4.74 Å². The molecule has 0 fully saturated rings. The molecule has 3 aromatic carbocycles. The molecule has 158 valence electrons. The highest BCUT2D eigenvalue weighted by Crippen LogP contribution is 2.35. The van der Waals surface area contributed by atoms with Crippen molar-refractivity contribution in [1.29, 1.82) is 0 Å². The van der Waals surface area contributed by atoms with Crippen LogP contribution in [-0.4, -0.2) is 22.2 Å². The number of ether oxygens (including phenoxy) is 1. The van der Waals surface area contributed by atoms with E-state index in [0.717, 1.165) is 23.8 Å². The second-order valence-electron chi connectivity index (χ2n) is 6.25. The van der Waals surface area contributed by atoms with Crippen LogP contribution in [0.25, 0.3) is 0 Å². The third kappa shape index (κ3) is 5.89. The smallest absolute Gasteiger partial charge is 0.275 e. The number of nitrogens with one attached hydrogen (secondary N) is 1. The number of carbonyl (C=O) groups excluding carboxylic acids is 1. The molecule has 10 heteroatoms. The minimum absolute atomic E-state index is 0.252. The molecule has 3 aromatic rings. The summed E-state index contributed by atoms with van der Waals surface area (Å²) in [5.74, 6) is -0.548. The van der Waals surface area contributed by atoms with Crippen molar-refractivity contribution in [2.24, 2.45) is 5.10 Å². The van der Waals surface area contributed by atoms with Crippen LogP contribution in [0.1, 0.15) is 21.5 Å². The minimum atomic E-state index is -0.779. The molecule has 0 saturated carbocycles. The Labute approximate surface area is 194 Å². The summed E-state index contributed by atoms with van der Waals surface area (Å²) in [6, 6.07) is 16.4. The van der Waals surface area contributed by atoms with E-state index in [2.05, 4.69) is 42.4 Å². The van der Waals surface area contributed by atoms with Gasteiger partial charge in [0.25, 0.3) is 11.6 Å². The van der Waals surface area contributed by atoms with Crippen LogP contribution in [0.15, 0.2) is 74.7 Å². The van der Waals surface area contributed by atoms with Crippen molar-refractivity contribution < 1.29 is 19.6 Å². The van der Waals surface area contributed by atoms with Crippen LogP contribution >= 0.6 is 31.9 Å². The van der Waals surface area contributed by atoms with Gasteiger partial charge in [-0.3, -0.25) is 14.9 Å². The van der Waals surface area contributed by atoms with E-state index in [1.807, 2.05) is 30.3 Å². The fourth-order valence-corrected chi connectivity index (χ4v) is 4.02. The molecule has 0 atom stereocenters. The molecule has 0 aliphatic heterocycles. The molecule has 0 unspecified atom stereocenters. The maximum Gasteiger partial charge on any atom is 0.275 e. The largest absolute Gasteiger partial charge is 0.507 e. The zero-order valence-electron chi connectivity index (χ0n) is 15.8. The average molecular weight is 549 g/mol. The Balaban J connectivity index is 1.68. The average Bonchev–Trinajstić information content (AvgIpc) is 2.74. The molecule has 0 bridgehead atoms. The molecule has 0 radical (unpaired) electrons. The van der Waals surface area contributed by atoms with Gasteiger partial charge in [0.05, 0.1) is 25.6 Å². The lowest BCUT2D eigenvalue weighted by Gasteiger charge is -2.11. The van der Waals surface area contributed by atoms with Crippen molar-refractivity contribution in [3.05, 3.63) is 96.4 Å². The van der Waals surface area contributed by atoms with Gasteiger partial charge in [0.1, 0.15) is 18.1 Å². The summed E-state index contributed by atoms with van der Waals surface area (Å²) in [6.45, 7) is 0.397. The molecule has 0 aliphatic carbocycles. The van der Waals surface area contributed by atoms with Gasteiger partial charge in [-0.2, -0.15) is 5.10 Å². The predicted octanol–water partition coefficient (Wildman–Crippen LogP) is 5.17. The van der Waals surface area contributed by atoms with Gasteiger partial charge in [-0.15, -0.1) is 0 Å². The van der Waals surface area contributed by atoms with E-state index in [0.29, 0.717) is 26.9 Å². The van der Waals surface area contributed by atoms with E-state index >= 15 is 0 Å². The van der Waals surface area contributed by atoms with Gasteiger partial charge in [0, 0.05) is 12.1 Å². The van der Waals surface area contributed by atoms with Gasteiger partial charge in [0.2, 0.25) is 0 Å². The topological polar surface area (TPSA) is 114 Å². The highest BCUT2D eigenvalue weighted by Gasteiger charge is 2.16. The molecule has 31 heavy (non-hydrogen) atoms. The molecule has 2 N–H and O–H groups in total. The van der Waals surface area contributed by atoms with Crippen LogP contribution in [-0.2, 0) is 6.61 Å². The number of amides is 1. The van der Waals surface area contributed by atoms with Crippen LogP contribution in [0.3, 0.4) is 0 Å². The number of nitro benzene ring substituents is 1. The summed E-state index contributed by atoms with van der Waals surface area (Å²) < 4.78 is 7.23. The number of nitrogens with zero attached hydrogens (tertiary/aromatic N) is 2. The lowest BCUT2D eigenvalue weighted by atomic mass is 10.1. The number of halogens is 2. The monoisotopic (exact) mass is 547 g/mol. The number of phenolic OH excluding ortho intramolecular Hbond substituents is 1. The van der Waals surface area contributed by atoms with Gasteiger partial charge in [-0.1, -0.05) is 30.3 Å². The van der Waals surface area contributed by atoms with E-state index in [9.17, 15) is 20.0 Å². The first kappa shape index (κ1) is 22.4. The van der Waals surface area contributed by atoms with Crippen LogP contribution in [0.5, 0.6) is 11.5 Å². The number of hydrogen-bond donors (Lipinski definition) is 2.